The third kappa shape index (κ3) is 5.32. The number of carbonyl (C=O) groups is 1. The molecule has 0 atom stereocenters. The minimum Gasteiger partial charge on any atom is -0.369 e. The summed E-state index contributed by atoms with van der Waals surface area (Å²) in [5.74, 6) is 1.03. The van der Waals surface area contributed by atoms with Crippen molar-refractivity contribution < 1.29 is 4.79 Å². The van der Waals surface area contributed by atoms with Crippen LogP contribution in [0.3, 0.4) is 0 Å². The Kier molecular flexibility index (Phi) is 6.10. The highest BCUT2D eigenvalue weighted by Crippen LogP contribution is 2.23. The largest absolute Gasteiger partial charge is 0.369 e. The van der Waals surface area contributed by atoms with E-state index < -0.39 is 0 Å². The first-order chi connectivity index (χ1) is 11.0. The molecular formula is C17H21BrN4O. The quantitative estimate of drug-likeness (QED) is 0.790. The number of nitrogens with zero attached hydrogens (tertiary/aromatic N) is 2. The van der Waals surface area contributed by atoms with Crippen molar-refractivity contribution in [2.24, 2.45) is 5.92 Å². The summed E-state index contributed by atoms with van der Waals surface area (Å²) in [4.78, 5) is 12.2. The summed E-state index contributed by atoms with van der Waals surface area (Å²) in [6.45, 7) is 7.18. The van der Waals surface area contributed by atoms with Gasteiger partial charge in [0.05, 0.1) is 5.69 Å². The predicted octanol–water partition coefficient (Wildman–Crippen LogP) is 4.26. The molecular weight excluding hydrogens is 356 g/mol. The molecule has 1 aromatic carbocycles. The zero-order valence-corrected chi connectivity index (χ0v) is 15.1. The third-order valence-corrected chi connectivity index (χ3v) is 3.95. The molecule has 2 N–H and O–H groups in total. The van der Waals surface area contributed by atoms with E-state index in [1.165, 1.54) is 0 Å². The van der Waals surface area contributed by atoms with Gasteiger partial charge in [-0.1, -0.05) is 19.9 Å². The minimum absolute atomic E-state index is 0.282. The molecule has 0 fully saturated rings. The van der Waals surface area contributed by atoms with E-state index in [-0.39, 0.29) is 11.6 Å². The molecule has 1 heterocycles. The lowest BCUT2D eigenvalue weighted by atomic mass is 10.1. The Hall–Kier alpha value is -1.95. The normalized spacial score (nSPS) is 10.7. The maximum Gasteiger partial charge on any atom is 0.276 e. The minimum atomic E-state index is -0.282. The van der Waals surface area contributed by atoms with Crippen LogP contribution in [0.25, 0.3) is 0 Å². The van der Waals surface area contributed by atoms with E-state index >= 15 is 0 Å². The molecule has 0 spiro atoms. The van der Waals surface area contributed by atoms with E-state index in [2.05, 4.69) is 50.6 Å². The lowest BCUT2D eigenvalue weighted by Gasteiger charge is -2.09. The standard InChI is InChI=1S/C17H21BrN4O/c1-11(2)8-9-19-16-7-6-15(21-22-16)17(23)20-14-5-4-12(3)10-13(14)18/h4-7,10-11H,8-9H2,1-3H3,(H,19,22)(H,20,23). The first kappa shape index (κ1) is 17.4. The zero-order chi connectivity index (χ0) is 16.8. The van der Waals surface area contributed by atoms with Gasteiger partial charge in [-0.3, -0.25) is 4.79 Å². The first-order valence-corrected chi connectivity index (χ1v) is 8.40. The number of amides is 1. The van der Waals surface area contributed by atoms with Crippen LogP contribution in [0.5, 0.6) is 0 Å². The SMILES string of the molecule is Cc1ccc(NC(=O)c2ccc(NCCC(C)C)nn2)c(Br)c1. The van der Waals surface area contributed by atoms with Crippen LogP contribution in [-0.2, 0) is 0 Å². The summed E-state index contributed by atoms with van der Waals surface area (Å²) >= 11 is 3.44. The van der Waals surface area contributed by atoms with Gasteiger partial charge in [-0.15, -0.1) is 10.2 Å². The smallest absolute Gasteiger partial charge is 0.276 e. The molecule has 5 nitrogen and oxygen atoms in total. The number of halogens is 1. The molecule has 0 aliphatic carbocycles. The van der Waals surface area contributed by atoms with Crippen LogP contribution in [0.1, 0.15) is 36.3 Å². The zero-order valence-electron chi connectivity index (χ0n) is 13.6. The predicted molar refractivity (Wildman–Crippen MR) is 96.8 cm³/mol. The maximum atomic E-state index is 12.2. The highest BCUT2D eigenvalue weighted by atomic mass is 79.9. The average molecular weight is 377 g/mol. The number of benzene rings is 1. The Morgan fingerprint density at radius 3 is 2.61 bits per heavy atom. The molecule has 0 bridgehead atoms. The number of rotatable bonds is 6. The van der Waals surface area contributed by atoms with E-state index in [4.69, 9.17) is 0 Å². The van der Waals surface area contributed by atoms with Crippen LogP contribution >= 0.6 is 15.9 Å². The summed E-state index contributed by atoms with van der Waals surface area (Å²) in [6, 6.07) is 9.18. The molecule has 0 saturated heterocycles. The lowest BCUT2D eigenvalue weighted by Crippen LogP contribution is -2.15. The Morgan fingerprint density at radius 2 is 2.00 bits per heavy atom. The molecule has 6 heteroatoms. The molecule has 1 aromatic heterocycles. The van der Waals surface area contributed by atoms with Crippen molar-refractivity contribution in [3.63, 3.8) is 0 Å². The van der Waals surface area contributed by atoms with E-state index in [1.54, 1.807) is 12.1 Å². The first-order valence-electron chi connectivity index (χ1n) is 7.61. The summed E-state index contributed by atoms with van der Waals surface area (Å²) in [5.41, 5.74) is 2.11. The Bertz CT molecular complexity index is 671. The Labute approximate surface area is 145 Å². The van der Waals surface area contributed by atoms with E-state index in [0.29, 0.717) is 17.4 Å². The second-order valence-corrected chi connectivity index (χ2v) is 6.70. The van der Waals surface area contributed by atoms with E-state index in [0.717, 1.165) is 23.0 Å². The van der Waals surface area contributed by atoms with Crippen molar-refractivity contribution in [1.29, 1.82) is 0 Å². The van der Waals surface area contributed by atoms with Gasteiger partial charge in [-0.2, -0.15) is 0 Å². The van der Waals surface area contributed by atoms with Crippen LogP contribution in [0.4, 0.5) is 11.5 Å². The molecule has 2 aromatic rings. The summed E-state index contributed by atoms with van der Waals surface area (Å²) in [5, 5.41) is 14.0. The molecule has 2 rings (SSSR count). The van der Waals surface area contributed by atoms with Gasteiger partial charge < -0.3 is 10.6 Å². The number of hydrogen-bond donors (Lipinski definition) is 2. The van der Waals surface area contributed by atoms with E-state index in [1.807, 2.05) is 25.1 Å². The van der Waals surface area contributed by atoms with Crippen molar-refractivity contribution in [2.45, 2.75) is 27.2 Å². The van der Waals surface area contributed by atoms with Crippen LogP contribution in [0.15, 0.2) is 34.8 Å². The second kappa shape index (κ2) is 8.06. The molecule has 0 radical (unpaired) electrons. The number of nitrogens with one attached hydrogen (secondary N) is 2. The van der Waals surface area contributed by atoms with Gasteiger partial charge in [0.25, 0.3) is 5.91 Å². The monoisotopic (exact) mass is 376 g/mol. The highest BCUT2D eigenvalue weighted by molar-refractivity contribution is 9.10. The van der Waals surface area contributed by atoms with Crippen LogP contribution in [-0.4, -0.2) is 22.6 Å². The molecule has 0 aliphatic rings. The molecule has 0 unspecified atom stereocenters. The number of aryl methyl sites for hydroxylation is 1. The third-order valence-electron chi connectivity index (χ3n) is 3.30. The summed E-state index contributed by atoms with van der Waals surface area (Å²) in [6.07, 6.45) is 1.06. The summed E-state index contributed by atoms with van der Waals surface area (Å²) < 4.78 is 0.839. The Morgan fingerprint density at radius 1 is 1.22 bits per heavy atom. The van der Waals surface area contributed by atoms with Crippen molar-refractivity contribution in [3.05, 3.63) is 46.1 Å². The van der Waals surface area contributed by atoms with Crippen molar-refractivity contribution in [3.8, 4) is 0 Å². The number of hydrogen-bond acceptors (Lipinski definition) is 4. The molecule has 23 heavy (non-hydrogen) atoms. The van der Waals surface area contributed by atoms with Gasteiger partial charge in [0.2, 0.25) is 0 Å². The van der Waals surface area contributed by atoms with Crippen molar-refractivity contribution in [1.82, 2.24) is 10.2 Å². The van der Waals surface area contributed by atoms with Crippen LogP contribution in [0, 0.1) is 12.8 Å². The molecule has 0 saturated carbocycles. The van der Waals surface area contributed by atoms with Gasteiger partial charge in [0, 0.05) is 11.0 Å². The fraction of sp³-hybridized carbons (Fsp3) is 0.353. The van der Waals surface area contributed by atoms with Crippen molar-refractivity contribution >= 4 is 33.3 Å². The van der Waals surface area contributed by atoms with Gasteiger partial charge >= 0.3 is 0 Å². The summed E-state index contributed by atoms with van der Waals surface area (Å²) in [7, 11) is 0. The van der Waals surface area contributed by atoms with Gasteiger partial charge in [-0.05, 0) is 65.0 Å². The van der Waals surface area contributed by atoms with Crippen LogP contribution in [0.2, 0.25) is 0 Å². The average Bonchev–Trinajstić information content (AvgIpc) is 2.50. The van der Waals surface area contributed by atoms with Crippen LogP contribution < -0.4 is 10.6 Å². The number of aromatic nitrogens is 2. The fourth-order valence-corrected chi connectivity index (χ4v) is 2.54. The Balaban J connectivity index is 1.97. The van der Waals surface area contributed by atoms with Gasteiger partial charge in [0.1, 0.15) is 5.82 Å². The van der Waals surface area contributed by atoms with Crippen molar-refractivity contribution in [2.75, 3.05) is 17.2 Å². The lowest BCUT2D eigenvalue weighted by molar-refractivity contribution is 0.102. The van der Waals surface area contributed by atoms with Gasteiger partial charge in [-0.25, -0.2) is 0 Å². The van der Waals surface area contributed by atoms with Gasteiger partial charge in [0.15, 0.2) is 5.69 Å². The number of carbonyl (C=O) groups excluding carboxylic acids is 1. The maximum absolute atomic E-state index is 12.2. The molecule has 0 aliphatic heterocycles. The highest BCUT2D eigenvalue weighted by Gasteiger charge is 2.10. The second-order valence-electron chi connectivity index (χ2n) is 5.85. The molecule has 122 valence electrons. The van der Waals surface area contributed by atoms with E-state index in [9.17, 15) is 4.79 Å². The molecule has 1 amide bonds. The number of anilines is 2. The fourth-order valence-electron chi connectivity index (χ4n) is 1.94. The topological polar surface area (TPSA) is 66.9 Å².